The van der Waals surface area contributed by atoms with Crippen LogP contribution >= 0.6 is 0 Å². The molecule has 11 heavy (non-hydrogen) atoms. The lowest BCUT2D eigenvalue weighted by molar-refractivity contribution is 0.502. The van der Waals surface area contributed by atoms with Crippen LogP contribution in [-0.4, -0.2) is 7.05 Å². The van der Waals surface area contributed by atoms with Gasteiger partial charge in [-0.05, 0) is 20.0 Å². The third-order valence-electron chi connectivity index (χ3n) is 2.00. The zero-order valence-corrected chi connectivity index (χ0v) is 7.35. The van der Waals surface area contributed by atoms with Crippen LogP contribution in [0.25, 0.3) is 0 Å². The van der Waals surface area contributed by atoms with Gasteiger partial charge in [0.25, 0.3) is 0 Å². The quantitative estimate of drug-likeness (QED) is 0.719. The third-order valence-corrected chi connectivity index (χ3v) is 2.00. The Balaban J connectivity index is 2.83. The van der Waals surface area contributed by atoms with Gasteiger partial charge in [0.1, 0.15) is 5.76 Å². The monoisotopic (exact) mass is 153 g/mol. The van der Waals surface area contributed by atoms with E-state index in [-0.39, 0.29) is 0 Å². The maximum Gasteiger partial charge on any atom is 0.108 e. The molecule has 62 valence electrons. The van der Waals surface area contributed by atoms with Crippen LogP contribution in [0.5, 0.6) is 0 Å². The molecule has 1 aromatic heterocycles. The summed E-state index contributed by atoms with van der Waals surface area (Å²) in [5, 5.41) is 3.18. The van der Waals surface area contributed by atoms with Crippen LogP contribution in [-0.2, 0) is 6.42 Å². The van der Waals surface area contributed by atoms with Crippen molar-refractivity contribution in [3.63, 3.8) is 0 Å². The molecule has 1 rings (SSSR count). The van der Waals surface area contributed by atoms with Gasteiger partial charge in [-0.25, -0.2) is 0 Å². The molecule has 0 radical (unpaired) electrons. The zero-order chi connectivity index (χ0) is 8.27. The van der Waals surface area contributed by atoms with Gasteiger partial charge in [-0.3, -0.25) is 0 Å². The molecule has 0 spiro atoms. The van der Waals surface area contributed by atoms with Crippen molar-refractivity contribution in [2.45, 2.75) is 26.3 Å². The van der Waals surface area contributed by atoms with E-state index in [2.05, 4.69) is 19.2 Å². The van der Waals surface area contributed by atoms with Gasteiger partial charge in [0.2, 0.25) is 0 Å². The number of hydrogen-bond acceptors (Lipinski definition) is 2. The van der Waals surface area contributed by atoms with E-state index in [4.69, 9.17) is 4.42 Å². The first-order chi connectivity index (χ1) is 5.29. The average Bonchev–Trinajstić information content (AvgIpc) is 2.50. The number of nitrogens with one attached hydrogen (secondary N) is 1. The SMILES string of the molecule is CCc1occc1C(C)NC. The summed E-state index contributed by atoms with van der Waals surface area (Å²) in [4.78, 5) is 0. The van der Waals surface area contributed by atoms with Crippen molar-refractivity contribution in [3.05, 3.63) is 23.7 Å². The van der Waals surface area contributed by atoms with Gasteiger partial charge in [0.15, 0.2) is 0 Å². The first-order valence-corrected chi connectivity index (χ1v) is 4.03. The van der Waals surface area contributed by atoms with Crippen molar-refractivity contribution < 1.29 is 4.42 Å². The minimum atomic E-state index is 0.392. The normalized spacial score (nSPS) is 13.4. The number of hydrogen-bond donors (Lipinski definition) is 1. The van der Waals surface area contributed by atoms with E-state index in [0.29, 0.717) is 6.04 Å². The molecule has 1 N–H and O–H groups in total. The summed E-state index contributed by atoms with van der Waals surface area (Å²) in [6.07, 6.45) is 2.72. The molecule has 0 aliphatic heterocycles. The van der Waals surface area contributed by atoms with E-state index in [0.717, 1.165) is 12.2 Å². The topological polar surface area (TPSA) is 25.2 Å². The molecular weight excluding hydrogens is 138 g/mol. The molecule has 0 amide bonds. The lowest BCUT2D eigenvalue weighted by atomic mass is 10.1. The second kappa shape index (κ2) is 3.58. The molecule has 0 aromatic carbocycles. The van der Waals surface area contributed by atoms with Crippen molar-refractivity contribution in [1.29, 1.82) is 0 Å². The van der Waals surface area contributed by atoms with Gasteiger partial charge in [0.05, 0.1) is 6.26 Å². The molecule has 0 aliphatic rings. The highest BCUT2D eigenvalue weighted by molar-refractivity contribution is 5.20. The average molecular weight is 153 g/mol. The van der Waals surface area contributed by atoms with Gasteiger partial charge < -0.3 is 9.73 Å². The Labute approximate surface area is 67.6 Å². The Morgan fingerprint density at radius 1 is 1.64 bits per heavy atom. The Bertz CT molecular complexity index is 217. The van der Waals surface area contributed by atoms with Gasteiger partial charge >= 0.3 is 0 Å². The summed E-state index contributed by atoms with van der Waals surface area (Å²) in [5.74, 6) is 1.09. The summed E-state index contributed by atoms with van der Waals surface area (Å²) < 4.78 is 5.30. The number of rotatable bonds is 3. The fraction of sp³-hybridized carbons (Fsp3) is 0.556. The minimum absolute atomic E-state index is 0.392. The molecule has 1 heterocycles. The fourth-order valence-corrected chi connectivity index (χ4v) is 1.18. The summed E-state index contributed by atoms with van der Waals surface area (Å²) in [6.45, 7) is 4.23. The molecule has 0 bridgehead atoms. The van der Waals surface area contributed by atoms with Crippen molar-refractivity contribution in [2.75, 3.05) is 7.05 Å². The molecule has 1 unspecified atom stereocenters. The summed E-state index contributed by atoms with van der Waals surface area (Å²) in [7, 11) is 1.96. The van der Waals surface area contributed by atoms with Crippen LogP contribution in [0.4, 0.5) is 0 Å². The Morgan fingerprint density at radius 2 is 2.36 bits per heavy atom. The molecule has 0 aliphatic carbocycles. The molecule has 0 fully saturated rings. The standard InChI is InChI=1S/C9H15NO/c1-4-9-8(5-6-11-9)7(2)10-3/h5-7,10H,4H2,1-3H3. The lowest BCUT2D eigenvalue weighted by Crippen LogP contribution is -2.12. The maximum absolute atomic E-state index is 5.30. The van der Waals surface area contributed by atoms with Crippen molar-refractivity contribution >= 4 is 0 Å². The Kier molecular flexibility index (Phi) is 2.71. The van der Waals surface area contributed by atoms with Crippen LogP contribution in [0.2, 0.25) is 0 Å². The van der Waals surface area contributed by atoms with Crippen molar-refractivity contribution in [3.8, 4) is 0 Å². The van der Waals surface area contributed by atoms with Crippen molar-refractivity contribution in [2.24, 2.45) is 0 Å². The van der Waals surface area contributed by atoms with E-state index < -0.39 is 0 Å². The number of aryl methyl sites for hydroxylation is 1. The highest BCUT2D eigenvalue weighted by Crippen LogP contribution is 2.18. The lowest BCUT2D eigenvalue weighted by Gasteiger charge is -2.08. The van der Waals surface area contributed by atoms with Crippen LogP contribution in [0.3, 0.4) is 0 Å². The van der Waals surface area contributed by atoms with Crippen LogP contribution in [0, 0.1) is 0 Å². The third kappa shape index (κ3) is 1.63. The molecule has 2 heteroatoms. The number of furan rings is 1. The molecule has 1 aromatic rings. The summed E-state index contributed by atoms with van der Waals surface area (Å²) in [6, 6.07) is 2.42. The van der Waals surface area contributed by atoms with E-state index in [1.54, 1.807) is 6.26 Å². The fourth-order valence-electron chi connectivity index (χ4n) is 1.18. The molecular formula is C9H15NO. The van der Waals surface area contributed by atoms with Gasteiger partial charge in [-0.1, -0.05) is 6.92 Å². The first-order valence-electron chi connectivity index (χ1n) is 4.03. The van der Waals surface area contributed by atoms with Gasteiger partial charge in [0, 0.05) is 18.0 Å². The summed E-state index contributed by atoms with van der Waals surface area (Å²) in [5.41, 5.74) is 1.27. The first kappa shape index (κ1) is 8.34. The molecule has 1 atom stereocenters. The van der Waals surface area contributed by atoms with Crippen molar-refractivity contribution in [1.82, 2.24) is 5.32 Å². The van der Waals surface area contributed by atoms with E-state index in [1.807, 2.05) is 13.1 Å². The molecule has 0 saturated carbocycles. The Hall–Kier alpha value is -0.760. The van der Waals surface area contributed by atoms with E-state index >= 15 is 0 Å². The summed E-state index contributed by atoms with van der Waals surface area (Å²) >= 11 is 0. The van der Waals surface area contributed by atoms with E-state index in [1.165, 1.54) is 5.56 Å². The highest BCUT2D eigenvalue weighted by atomic mass is 16.3. The zero-order valence-electron chi connectivity index (χ0n) is 7.35. The molecule has 0 saturated heterocycles. The Morgan fingerprint density at radius 3 is 2.91 bits per heavy atom. The van der Waals surface area contributed by atoms with Crippen LogP contribution < -0.4 is 5.32 Å². The minimum Gasteiger partial charge on any atom is -0.469 e. The maximum atomic E-state index is 5.30. The van der Waals surface area contributed by atoms with Crippen LogP contribution in [0.1, 0.15) is 31.2 Å². The van der Waals surface area contributed by atoms with Gasteiger partial charge in [-0.15, -0.1) is 0 Å². The second-order valence-corrected chi connectivity index (χ2v) is 2.66. The highest BCUT2D eigenvalue weighted by Gasteiger charge is 2.09. The molecule has 2 nitrogen and oxygen atoms in total. The van der Waals surface area contributed by atoms with E-state index in [9.17, 15) is 0 Å². The van der Waals surface area contributed by atoms with Gasteiger partial charge in [-0.2, -0.15) is 0 Å². The van der Waals surface area contributed by atoms with Crippen LogP contribution in [0.15, 0.2) is 16.7 Å². The predicted octanol–water partition coefficient (Wildman–Crippen LogP) is 2.12. The second-order valence-electron chi connectivity index (χ2n) is 2.66. The smallest absolute Gasteiger partial charge is 0.108 e. The largest absolute Gasteiger partial charge is 0.469 e. The predicted molar refractivity (Wildman–Crippen MR) is 45.6 cm³/mol.